The van der Waals surface area contributed by atoms with Crippen LogP contribution in [0, 0.1) is 5.82 Å². The van der Waals surface area contributed by atoms with Gasteiger partial charge in [-0.3, -0.25) is 0 Å². The summed E-state index contributed by atoms with van der Waals surface area (Å²) in [4.78, 5) is 4.45. The number of benzene rings is 1. The van der Waals surface area contributed by atoms with Crippen molar-refractivity contribution in [1.82, 2.24) is 10.1 Å². The minimum Gasteiger partial charge on any atom is -0.339 e. The summed E-state index contributed by atoms with van der Waals surface area (Å²) in [6.07, 6.45) is 3.66. The summed E-state index contributed by atoms with van der Waals surface area (Å²) >= 11 is 0. The molecule has 0 bridgehead atoms. The van der Waals surface area contributed by atoms with E-state index < -0.39 is 5.54 Å². The molecule has 1 aromatic carbocycles. The number of hydrogen-bond donors (Lipinski definition) is 1. The zero-order chi connectivity index (χ0) is 13.0. The lowest BCUT2D eigenvalue weighted by molar-refractivity contribution is 0.361. The lowest BCUT2D eigenvalue weighted by Crippen LogP contribution is -2.36. The molecule has 1 heterocycles. The Morgan fingerprint density at radius 1 is 1.37 bits per heavy atom. The van der Waals surface area contributed by atoms with Crippen molar-refractivity contribution < 1.29 is 8.91 Å². The van der Waals surface area contributed by atoms with E-state index in [0.29, 0.717) is 24.1 Å². The van der Waals surface area contributed by atoms with Crippen molar-refractivity contribution in [2.24, 2.45) is 5.73 Å². The van der Waals surface area contributed by atoms with Crippen molar-refractivity contribution in [2.45, 2.75) is 37.1 Å². The molecule has 19 heavy (non-hydrogen) atoms. The highest BCUT2D eigenvalue weighted by Crippen LogP contribution is 2.42. The molecule has 2 aliphatic carbocycles. The molecule has 2 aliphatic rings. The maximum absolute atomic E-state index is 13.2. The van der Waals surface area contributed by atoms with Gasteiger partial charge in [0, 0.05) is 5.92 Å². The van der Waals surface area contributed by atoms with Gasteiger partial charge in [0.1, 0.15) is 11.4 Å². The predicted octanol–water partition coefficient (Wildman–Crippen LogP) is 2.23. The van der Waals surface area contributed by atoms with E-state index in [2.05, 4.69) is 10.1 Å². The molecule has 2 aromatic rings. The second kappa shape index (κ2) is 3.63. The molecule has 0 amide bonds. The fraction of sp³-hybridized carbons (Fsp3) is 0.429. The van der Waals surface area contributed by atoms with Crippen molar-refractivity contribution in [3.8, 4) is 0 Å². The fourth-order valence-corrected chi connectivity index (χ4v) is 2.82. The zero-order valence-electron chi connectivity index (χ0n) is 10.4. The second-order valence-electron chi connectivity index (χ2n) is 5.50. The van der Waals surface area contributed by atoms with Crippen molar-refractivity contribution in [1.29, 1.82) is 0 Å². The van der Waals surface area contributed by atoms with E-state index >= 15 is 0 Å². The van der Waals surface area contributed by atoms with Crippen molar-refractivity contribution in [3.63, 3.8) is 0 Å². The average Bonchev–Trinajstić information content (AvgIpc) is 3.03. The monoisotopic (exact) mass is 259 g/mol. The summed E-state index contributed by atoms with van der Waals surface area (Å²) in [7, 11) is 0. The number of halogens is 1. The van der Waals surface area contributed by atoms with E-state index in [1.165, 1.54) is 6.07 Å². The number of hydrogen-bond acceptors (Lipinski definition) is 4. The summed E-state index contributed by atoms with van der Waals surface area (Å²) in [5.41, 5.74) is 7.59. The number of nitrogens with zero attached hydrogens (tertiary/aromatic N) is 2. The molecule has 2 N–H and O–H groups in total. The lowest BCUT2D eigenvalue weighted by atomic mass is 9.92. The number of nitrogens with two attached hydrogens (primary N) is 1. The molecular formula is C14H14FN3O. The van der Waals surface area contributed by atoms with Crippen LogP contribution in [0.1, 0.15) is 48.0 Å². The molecule has 1 atom stereocenters. The van der Waals surface area contributed by atoms with Crippen LogP contribution in [-0.4, -0.2) is 10.1 Å². The Hall–Kier alpha value is -1.75. The highest BCUT2D eigenvalue weighted by Gasteiger charge is 2.42. The molecule has 1 fully saturated rings. The molecule has 1 aromatic heterocycles. The van der Waals surface area contributed by atoms with Crippen LogP contribution in [0.15, 0.2) is 22.7 Å². The molecular weight excluding hydrogens is 245 g/mol. The molecule has 1 unspecified atom stereocenters. The molecule has 4 rings (SSSR count). The van der Waals surface area contributed by atoms with Crippen LogP contribution < -0.4 is 5.73 Å². The molecule has 1 saturated carbocycles. The number of fused-ring (bicyclic) bond motifs is 1. The Labute approximate surface area is 109 Å². The highest BCUT2D eigenvalue weighted by atomic mass is 19.1. The van der Waals surface area contributed by atoms with Crippen LogP contribution in [0.5, 0.6) is 0 Å². The van der Waals surface area contributed by atoms with Crippen molar-refractivity contribution in [2.75, 3.05) is 0 Å². The summed E-state index contributed by atoms with van der Waals surface area (Å²) in [5.74, 6) is 1.41. The maximum Gasteiger partial charge on any atom is 0.229 e. The third kappa shape index (κ3) is 1.61. The third-order valence-corrected chi connectivity index (χ3v) is 4.10. The van der Waals surface area contributed by atoms with Gasteiger partial charge >= 0.3 is 0 Å². The van der Waals surface area contributed by atoms with Gasteiger partial charge in [-0.15, -0.1) is 0 Å². The normalized spacial score (nSPS) is 25.6. The van der Waals surface area contributed by atoms with Crippen LogP contribution in [0.25, 0.3) is 0 Å². The first-order chi connectivity index (χ1) is 9.17. The summed E-state index contributed by atoms with van der Waals surface area (Å²) < 4.78 is 18.5. The van der Waals surface area contributed by atoms with Gasteiger partial charge < -0.3 is 10.3 Å². The van der Waals surface area contributed by atoms with Gasteiger partial charge in [0.15, 0.2) is 5.82 Å². The first kappa shape index (κ1) is 11.1. The Balaban J connectivity index is 1.78. The van der Waals surface area contributed by atoms with E-state index in [9.17, 15) is 4.39 Å². The quantitative estimate of drug-likeness (QED) is 0.898. The summed E-state index contributed by atoms with van der Waals surface area (Å²) in [6, 6.07) is 4.73. The van der Waals surface area contributed by atoms with Gasteiger partial charge in [-0.25, -0.2) is 4.39 Å². The van der Waals surface area contributed by atoms with E-state index in [4.69, 9.17) is 10.3 Å². The minimum atomic E-state index is -0.736. The summed E-state index contributed by atoms with van der Waals surface area (Å²) in [6.45, 7) is 0. The molecule has 98 valence electrons. The largest absolute Gasteiger partial charge is 0.339 e. The molecule has 0 radical (unpaired) electrons. The SMILES string of the molecule is NC1(c2noc(C3CC3)n2)CCc2cc(F)ccc21. The number of aryl methyl sites for hydroxylation is 1. The minimum absolute atomic E-state index is 0.227. The van der Waals surface area contributed by atoms with Crippen molar-refractivity contribution >= 4 is 0 Å². The highest BCUT2D eigenvalue weighted by molar-refractivity contribution is 5.43. The van der Waals surface area contributed by atoms with Gasteiger partial charge in [0.2, 0.25) is 5.89 Å². The molecule has 5 heteroatoms. The Morgan fingerprint density at radius 3 is 3.00 bits per heavy atom. The van der Waals surface area contributed by atoms with Crippen LogP contribution >= 0.6 is 0 Å². The molecule has 4 nitrogen and oxygen atoms in total. The van der Waals surface area contributed by atoms with Gasteiger partial charge in [0.05, 0.1) is 0 Å². The topological polar surface area (TPSA) is 64.9 Å². The van der Waals surface area contributed by atoms with Gasteiger partial charge in [-0.1, -0.05) is 11.2 Å². The predicted molar refractivity (Wildman–Crippen MR) is 66.0 cm³/mol. The van der Waals surface area contributed by atoms with Crippen LogP contribution in [-0.2, 0) is 12.0 Å². The standard InChI is InChI=1S/C14H14FN3O/c15-10-3-4-11-9(7-10)5-6-14(11,16)13-17-12(19-18-13)8-1-2-8/h3-4,7-8H,1-2,5-6,16H2. The zero-order valence-corrected chi connectivity index (χ0v) is 10.4. The average molecular weight is 259 g/mol. The van der Waals surface area contributed by atoms with Crippen LogP contribution in [0.4, 0.5) is 4.39 Å². The van der Waals surface area contributed by atoms with Gasteiger partial charge in [-0.05, 0) is 48.9 Å². The second-order valence-corrected chi connectivity index (χ2v) is 5.50. The van der Waals surface area contributed by atoms with E-state index in [1.807, 2.05) is 0 Å². The number of aromatic nitrogens is 2. The first-order valence-corrected chi connectivity index (χ1v) is 6.59. The van der Waals surface area contributed by atoms with E-state index in [-0.39, 0.29) is 5.82 Å². The maximum atomic E-state index is 13.2. The molecule has 0 aliphatic heterocycles. The first-order valence-electron chi connectivity index (χ1n) is 6.59. The van der Waals surface area contributed by atoms with Crippen LogP contribution in [0.2, 0.25) is 0 Å². The van der Waals surface area contributed by atoms with Crippen LogP contribution in [0.3, 0.4) is 0 Å². The smallest absolute Gasteiger partial charge is 0.229 e. The third-order valence-electron chi connectivity index (χ3n) is 4.10. The Morgan fingerprint density at radius 2 is 2.21 bits per heavy atom. The van der Waals surface area contributed by atoms with E-state index in [1.54, 1.807) is 12.1 Å². The Kier molecular flexibility index (Phi) is 2.12. The van der Waals surface area contributed by atoms with E-state index in [0.717, 1.165) is 30.4 Å². The summed E-state index contributed by atoms with van der Waals surface area (Å²) in [5, 5.41) is 4.05. The van der Waals surface area contributed by atoms with Crippen molar-refractivity contribution in [3.05, 3.63) is 46.9 Å². The van der Waals surface area contributed by atoms with Gasteiger partial charge in [-0.2, -0.15) is 4.98 Å². The molecule has 0 spiro atoms. The fourth-order valence-electron chi connectivity index (χ4n) is 2.82. The molecule has 0 saturated heterocycles. The van der Waals surface area contributed by atoms with Gasteiger partial charge in [0.25, 0.3) is 0 Å². The Bertz CT molecular complexity index is 650. The number of rotatable bonds is 2. The lowest BCUT2D eigenvalue weighted by Gasteiger charge is -2.20.